The molecule has 0 saturated carbocycles. The summed E-state index contributed by atoms with van der Waals surface area (Å²) in [5.41, 5.74) is 0.650. The summed E-state index contributed by atoms with van der Waals surface area (Å²) in [5, 5.41) is 4.63. The molecule has 0 aromatic heterocycles. The molecule has 0 aliphatic heterocycles. The van der Waals surface area contributed by atoms with Crippen LogP contribution in [0.3, 0.4) is 0 Å². The third-order valence-corrected chi connectivity index (χ3v) is 14.2. The summed E-state index contributed by atoms with van der Waals surface area (Å²) in [7, 11) is -3.31. The maximum absolute atomic E-state index is 4.74. The van der Waals surface area contributed by atoms with Crippen LogP contribution in [0.5, 0.6) is 0 Å². The molecule has 0 aliphatic carbocycles. The number of benzene rings is 2. The summed E-state index contributed by atoms with van der Waals surface area (Å²) in [6.07, 6.45) is 3.84. The van der Waals surface area contributed by atoms with Crippen molar-refractivity contribution in [2.75, 3.05) is 0 Å². The van der Waals surface area contributed by atoms with Gasteiger partial charge in [0.1, 0.15) is 8.07 Å². The Morgan fingerprint density at radius 2 is 1.32 bits per heavy atom. The first-order valence-corrected chi connectivity index (χ1v) is 15.7. The lowest BCUT2D eigenvalue weighted by molar-refractivity contribution is 0.710. The number of hydrogen-bond acceptors (Lipinski definition) is 0. The van der Waals surface area contributed by atoms with Crippen LogP contribution in [0.1, 0.15) is 26.2 Å². The van der Waals surface area contributed by atoms with E-state index in [0.29, 0.717) is 5.54 Å². The number of unbranched alkanes of at least 4 members (excludes halogenated alkanes) is 1. The standard InChI is InChI=1S/C23H34Si2/c1-7-8-19-23(25(5,6)22-17-13-10-14-18-22)20(2)24(3,4)21-15-11-9-12-16-21/h9-18,23H,2,7-8,19H2,1,3-6H3. The summed E-state index contributed by atoms with van der Waals surface area (Å²) in [6, 6.07) is 22.3. The van der Waals surface area contributed by atoms with Crippen LogP contribution in [-0.4, -0.2) is 16.1 Å². The fourth-order valence-corrected chi connectivity index (χ4v) is 11.8. The zero-order valence-electron chi connectivity index (χ0n) is 16.7. The van der Waals surface area contributed by atoms with Crippen molar-refractivity contribution in [2.45, 2.75) is 57.9 Å². The SMILES string of the molecule is C=C(C(CCCC)[Si](C)(C)c1ccccc1)[Si](C)(C)c1ccccc1. The highest BCUT2D eigenvalue weighted by Gasteiger charge is 2.40. The van der Waals surface area contributed by atoms with Crippen molar-refractivity contribution in [1.29, 1.82) is 0 Å². The first kappa shape index (κ1) is 19.9. The van der Waals surface area contributed by atoms with Crippen molar-refractivity contribution in [2.24, 2.45) is 0 Å². The van der Waals surface area contributed by atoms with Crippen molar-refractivity contribution < 1.29 is 0 Å². The van der Waals surface area contributed by atoms with Gasteiger partial charge in [0, 0.05) is 0 Å². The minimum absolute atomic E-state index is 0.650. The maximum Gasteiger partial charge on any atom is 0.106 e. The fourth-order valence-electron chi connectivity index (χ4n) is 3.92. The Bertz CT molecular complexity index is 672. The van der Waals surface area contributed by atoms with Crippen LogP contribution in [0.25, 0.3) is 0 Å². The molecule has 1 unspecified atom stereocenters. The van der Waals surface area contributed by atoms with Gasteiger partial charge in [0.25, 0.3) is 0 Å². The lowest BCUT2D eigenvalue weighted by Crippen LogP contribution is -2.53. The lowest BCUT2D eigenvalue weighted by Gasteiger charge is -2.40. The van der Waals surface area contributed by atoms with Crippen molar-refractivity contribution >= 4 is 26.5 Å². The molecule has 0 saturated heterocycles. The molecule has 0 nitrogen and oxygen atoms in total. The van der Waals surface area contributed by atoms with Gasteiger partial charge in [0.15, 0.2) is 0 Å². The number of rotatable bonds is 8. The van der Waals surface area contributed by atoms with Gasteiger partial charge < -0.3 is 0 Å². The Morgan fingerprint density at radius 1 is 0.840 bits per heavy atom. The van der Waals surface area contributed by atoms with E-state index in [4.69, 9.17) is 6.58 Å². The van der Waals surface area contributed by atoms with Crippen LogP contribution >= 0.6 is 0 Å². The Morgan fingerprint density at radius 3 is 1.80 bits per heavy atom. The highest BCUT2D eigenvalue weighted by atomic mass is 28.3. The zero-order chi connectivity index (χ0) is 18.5. The van der Waals surface area contributed by atoms with Crippen molar-refractivity contribution in [3.63, 3.8) is 0 Å². The van der Waals surface area contributed by atoms with Crippen LogP contribution in [-0.2, 0) is 0 Å². The number of hydrogen-bond donors (Lipinski definition) is 0. The van der Waals surface area contributed by atoms with E-state index in [-0.39, 0.29) is 0 Å². The van der Waals surface area contributed by atoms with Gasteiger partial charge >= 0.3 is 0 Å². The van der Waals surface area contributed by atoms with E-state index in [1.165, 1.54) is 24.4 Å². The second kappa shape index (κ2) is 8.33. The largest absolute Gasteiger partial charge is 0.106 e. The summed E-state index contributed by atoms with van der Waals surface area (Å²) in [6.45, 7) is 17.1. The molecule has 0 N–H and O–H groups in total. The second-order valence-corrected chi connectivity index (χ2v) is 17.5. The van der Waals surface area contributed by atoms with Gasteiger partial charge in [-0.25, -0.2) is 0 Å². The van der Waals surface area contributed by atoms with Gasteiger partial charge in [0.2, 0.25) is 0 Å². The number of allylic oxidation sites excluding steroid dienone is 1. The minimum Gasteiger partial charge on any atom is -0.103 e. The van der Waals surface area contributed by atoms with Crippen molar-refractivity contribution in [3.05, 3.63) is 72.4 Å². The molecule has 0 bridgehead atoms. The van der Waals surface area contributed by atoms with E-state index in [1.807, 2.05) is 0 Å². The van der Waals surface area contributed by atoms with Gasteiger partial charge in [0.05, 0.1) is 8.07 Å². The van der Waals surface area contributed by atoms with Crippen molar-refractivity contribution in [1.82, 2.24) is 0 Å². The molecule has 2 rings (SSSR count). The first-order valence-electron chi connectivity index (χ1n) is 9.62. The van der Waals surface area contributed by atoms with Gasteiger partial charge in [-0.3, -0.25) is 0 Å². The average Bonchev–Trinajstić information content (AvgIpc) is 2.63. The molecule has 1 atom stereocenters. The van der Waals surface area contributed by atoms with E-state index in [9.17, 15) is 0 Å². The molecule has 2 aromatic carbocycles. The van der Waals surface area contributed by atoms with Crippen LogP contribution in [0.2, 0.25) is 31.7 Å². The maximum atomic E-state index is 4.74. The monoisotopic (exact) mass is 366 g/mol. The Labute approximate surface area is 157 Å². The van der Waals surface area contributed by atoms with Crippen LogP contribution in [0.15, 0.2) is 72.4 Å². The summed E-state index contributed by atoms with van der Waals surface area (Å²) in [4.78, 5) is 0. The van der Waals surface area contributed by atoms with E-state index >= 15 is 0 Å². The predicted octanol–water partition coefficient (Wildman–Crippen LogP) is 5.87. The highest BCUT2D eigenvalue weighted by molar-refractivity contribution is 7.00. The third-order valence-electron chi connectivity index (χ3n) is 5.95. The molecule has 2 heteroatoms. The molecule has 25 heavy (non-hydrogen) atoms. The normalized spacial score (nSPS) is 13.5. The summed E-state index contributed by atoms with van der Waals surface area (Å²) in [5.74, 6) is 0. The highest BCUT2D eigenvalue weighted by Crippen LogP contribution is 2.38. The zero-order valence-corrected chi connectivity index (χ0v) is 18.7. The topological polar surface area (TPSA) is 0 Å². The molecule has 0 radical (unpaired) electrons. The van der Waals surface area contributed by atoms with Crippen LogP contribution in [0.4, 0.5) is 0 Å². The molecule has 0 amide bonds. The van der Waals surface area contributed by atoms with Crippen LogP contribution in [0, 0.1) is 0 Å². The van der Waals surface area contributed by atoms with Crippen molar-refractivity contribution in [3.8, 4) is 0 Å². The minimum atomic E-state index is -1.70. The summed E-state index contributed by atoms with van der Waals surface area (Å²) < 4.78 is 0. The first-order chi connectivity index (χ1) is 11.8. The third kappa shape index (κ3) is 4.42. The van der Waals surface area contributed by atoms with E-state index in [1.54, 1.807) is 10.4 Å². The van der Waals surface area contributed by atoms with E-state index in [2.05, 4.69) is 93.8 Å². The Kier molecular flexibility index (Phi) is 6.64. The Balaban J connectivity index is 2.41. The van der Waals surface area contributed by atoms with Gasteiger partial charge in [-0.1, -0.05) is 122 Å². The molecule has 0 spiro atoms. The molecule has 0 fully saturated rings. The quantitative estimate of drug-likeness (QED) is 0.512. The van der Waals surface area contributed by atoms with Crippen LogP contribution < -0.4 is 10.4 Å². The second-order valence-electron chi connectivity index (χ2n) is 8.30. The summed E-state index contributed by atoms with van der Waals surface area (Å²) >= 11 is 0. The smallest absolute Gasteiger partial charge is 0.103 e. The lowest BCUT2D eigenvalue weighted by atomic mass is 10.2. The van der Waals surface area contributed by atoms with E-state index in [0.717, 1.165) is 0 Å². The Hall–Kier alpha value is -1.39. The molecule has 0 aliphatic rings. The molecule has 134 valence electrons. The molecular formula is C23H34Si2. The molecular weight excluding hydrogens is 332 g/mol. The van der Waals surface area contributed by atoms with E-state index < -0.39 is 16.1 Å². The van der Waals surface area contributed by atoms with Gasteiger partial charge in [-0.15, -0.1) is 6.58 Å². The molecule has 0 heterocycles. The average molecular weight is 367 g/mol. The molecule has 2 aromatic rings. The fraction of sp³-hybridized carbons (Fsp3) is 0.391. The van der Waals surface area contributed by atoms with Gasteiger partial charge in [-0.05, 0) is 12.0 Å². The van der Waals surface area contributed by atoms with Gasteiger partial charge in [-0.2, -0.15) is 0 Å². The predicted molar refractivity (Wildman–Crippen MR) is 120 cm³/mol.